The van der Waals surface area contributed by atoms with Crippen molar-refractivity contribution in [1.82, 2.24) is 14.6 Å². The minimum absolute atomic E-state index is 0.0399. The molecule has 1 amide bonds. The second-order valence-corrected chi connectivity index (χ2v) is 10.9. The number of carbonyl (C=O) groups excluding carboxylic acids is 1. The van der Waals surface area contributed by atoms with Gasteiger partial charge in [-0.05, 0) is 73.9 Å². The van der Waals surface area contributed by atoms with E-state index in [4.69, 9.17) is 0 Å². The fourth-order valence-corrected chi connectivity index (χ4v) is 6.62. The second kappa shape index (κ2) is 8.36. The van der Waals surface area contributed by atoms with E-state index in [-0.39, 0.29) is 30.5 Å². The fourth-order valence-electron chi connectivity index (χ4n) is 4.93. The highest BCUT2D eigenvalue weighted by Gasteiger charge is 2.39. The van der Waals surface area contributed by atoms with Gasteiger partial charge in [-0.25, -0.2) is 8.42 Å². The molecule has 0 saturated heterocycles. The molecule has 1 heterocycles. The lowest BCUT2D eigenvalue weighted by Gasteiger charge is -2.23. The molecule has 2 fully saturated rings. The van der Waals surface area contributed by atoms with Crippen molar-refractivity contribution in [1.29, 1.82) is 0 Å². The van der Waals surface area contributed by atoms with Crippen molar-refractivity contribution in [2.75, 3.05) is 0 Å². The third-order valence-corrected chi connectivity index (χ3v) is 8.74. The Balaban J connectivity index is 1.39. The number of fused-ring (bicyclic) bond motifs is 1. The second-order valence-electron chi connectivity index (χ2n) is 9.04. The van der Waals surface area contributed by atoms with Gasteiger partial charge in [-0.15, -0.1) is 0 Å². The molecule has 0 unspecified atom stereocenters. The molecular formula is C24H29N3O3S. The molecule has 0 spiro atoms. The van der Waals surface area contributed by atoms with Crippen LogP contribution in [-0.2, 0) is 27.8 Å². The van der Waals surface area contributed by atoms with Gasteiger partial charge in [0.1, 0.15) is 0 Å². The zero-order valence-corrected chi connectivity index (χ0v) is 18.5. The molecule has 1 atom stereocenters. The van der Waals surface area contributed by atoms with Crippen molar-refractivity contribution in [3.8, 4) is 0 Å². The molecule has 7 heteroatoms. The first-order valence-electron chi connectivity index (χ1n) is 11.4. The molecule has 5 rings (SSSR count). The van der Waals surface area contributed by atoms with Crippen LogP contribution in [0.4, 0.5) is 0 Å². The molecule has 0 bridgehead atoms. The van der Waals surface area contributed by atoms with Crippen molar-refractivity contribution in [3.63, 3.8) is 0 Å². The predicted octanol–water partition coefficient (Wildman–Crippen LogP) is 3.73. The maximum Gasteiger partial charge on any atom is 0.243 e. The summed E-state index contributed by atoms with van der Waals surface area (Å²) in [5.41, 5.74) is 2.85. The molecule has 1 aromatic carbocycles. The maximum absolute atomic E-state index is 13.6. The standard InChI is InChI=1S/C24H29N3O3S/c28-24(18-5-1-2-6-18)26-23-13-9-17-8-12-21(15-22(17)23)31(29,30)27(20-10-11-20)16-19-7-3-4-14-25-19/h3-4,7-8,12,14-15,18,20,23H,1-2,5-6,9-11,13,16H2,(H,26,28)/t23-/m1/s1. The summed E-state index contributed by atoms with van der Waals surface area (Å²) >= 11 is 0. The zero-order chi connectivity index (χ0) is 21.4. The zero-order valence-electron chi connectivity index (χ0n) is 17.7. The smallest absolute Gasteiger partial charge is 0.243 e. The first kappa shape index (κ1) is 20.6. The van der Waals surface area contributed by atoms with Gasteiger partial charge in [0.25, 0.3) is 0 Å². The molecule has 0 aliphatic heterocycles. The number of sulfonamides is 1. The Morgan fingerprint density at radius 3 is 2.58 bits per heavy atom. The summed E-state index contributed by atoms with van der Waals surface area (Å²) in [6.07, 6.45) is 9.33. The Morgan fingerprint density at radius 2 is 1.87 bits per heavy atom. The van der Waals surface area contributed by atoms with E-state index in [9.17, 15) is 13.2 Å². The number of amides is 1. The molecule has 2 saturated carbocycles. The lowest BCUT2D eigenvalue weighted by Crippen LogP contribution is -2.33. The Bertz CT molecular complexity index is 1060. The molecule has 1 aromatic heterocycles. The van der Waals surface area contributed by atoms with E-state index < -0.39 is 10.0 Å². The molecule has 2 aromatic rings. The largest absolute Gasteiger partial charge is 0.349 e. The van der Waals surface area contributed by atoms with E-state index in [1.807, 2.05) is 24.3 Å². The monoisotopic (exact) mass is 439 g/mol. The molecule has 3 aliphatic carbocycles. The van der Waals surface area contributed by atoms with Crippen LogP contribution in [0.25, 0.3) is 0 Å². The van der Waals surface area contributed by atoms with Gasteiger partial charge in [-0.3, -0.25) is 9.78 Å². The topological polar surface area (TPSA) is 79.4 Å². The van der Waals surface area contributed by atoms with Gasteiger partial charge in [-0.1, -0.05) is 25.0 Å². The van der Waals surface area contributed by atoms with Gasteiger partial charge in [-0.2, -0.15) is 4.31 Å². The van der Waals surface area contributed by atoms with Crippen LogP contribution >= 0.6 is 0 Å². The van der Waals surface area contributed by atoms with Gasteiger partial charge in [0, 0.05) is 18.2 Å². The number of aryl methyl sites for hydroxylation is 1. The molecular weight excluding hydrogens is 410 g/mol. The van der Waals surface area contributed by atoms with E-state index in [2.05, 4.69) is 10.3 Å². The van der Waals surface area contributed by atoms with Crippen molar-refractivity contribution >= 4 is 15.9 Å². The highest BCUT2D eigenvalue weighted by molar-refractivity contribution is 7.89. The fraction of sp³-hybridized carbons (Fsp3) is 0.500. The Labute approximate surface area is 184 Å². The van der Waals surface area contributed by atoms with Gasteiger partial charge in [0.15, 0.2) is 0 Å². The average Bonchev–Trinajstić information content (AvgIpc) is 3.30. The minimum Gasteiger partial charge on any atom is -0.349 e. The van der Waals surface area contributed by atoms with E-state index >= 15 is 0 Å². The van der Waals surface area contributed by atoms with Crippen LogP contribution in [0, 0.1) is 5.92 Å². The van der Waals surface area contributed by atoms with Gasteiger partial charge in [0.2, 0.25) is 15.9 Å². The summed E-state index contributed by atoms with van der Waals surface area (Å²) in [6, 6.07) is 11.0. The van der Waals surface area contributed by atoms with Crippen LogP contribution in [0.2, 0.25) is 0 Å². The first-order chi connectivity index (χ1) is 15.0. The van der Waals surface area contributed by atoms with Crippen molar-refractivity contribution in [3.05, 3.63) is 59.4 Å². The molecule has 31 heavy (non-hydrogen) atoms. The lowest BCUT2D eigenvalue weighted by atomic mass is 10.0. The summed E-state index contributed by atoms with van der Waals surface area (Å²) in [6.45, 7) is 0.284. The van der Waals surface area contributed by atoms with Gasteiger partial charge >= 0.3 is 0 Å². The van der Waals surface area contributed by atoms with E-state index in [0.717, 1.165) is 68.2 Å². The van der Waals surface area contributed by atoms with E-state index in [0.29, 0.717) is 4.90 Å². The third-order valence-electron chi connectivity index (χ3n) is 6.84. The summed E-state index contributed by atoms with van der Waals surface area (Å²) in [5, 5.41) is 3.20. The number of hydrogen-bond donors (Lipinski definition) is 1. The summed E-state index contributed by atoms with van der Waals surface area (Å²) in [4.78, 5) is 17.3. The Kier molecular flexibility index (Phi) is 5.56. The number of pyridine rings is 1. The summed E-state index contributed by atoms with van der Waals surface area (Å²) < 4.78 is 28.7. The van der Waals surface area contributed by atoms with Crippen molar-refractivity contribution in [2.24, 2.45) is 5.92 Å². The number of hydrogen-bond acceptors (Lipinski definition) is 4. The summed E-state index contributed by atoms with van der Waals surface area (Å²) in [7, 11) is -3.64. The van der Waals surface area contributed by atoms with Gasteiger partial charge in [0.05, 0.1) is 23.2 Å². The summed E-state index contributed by atoms with van der Waals surface area (Å²) in [5.74, 6) is 0.234. The predicted molar refractivity (Wildman–Crippen MR) is 118 cm³/mol. The van der Waals surface area contributed by atoms with E-state index in [1.165, 1.54) is 0 Å². The van der Waals surface area contributed by atoms with Crippen molar-refractivity contribution < 1.29 is 13.2 Å². The lowest BCUT2D eigenvalue weighted by molar-refractivity contribution is -0.125. The van der Waals surface area contributed by atoms with Crippen LogP contribution in [0.5, 0.6) is 0 Å². The SMILES string of the molecule is O=C(N[C@@H]1CCc2ccc(S(=O)(=O)N(Cc3ccccn3)C3CC3)cc21)C1CCCC1. The number of nitrogens with one attached hydrogen (secondary N) is 1. The molecule has 1 N–H and O–H groups in total. The first-order valence-corrected chi connectivity index (χ1v) is 12.8. The minimum atomic E-state index is -3.64. The van der Waals surface area contributed by atoms with Crippen LogP contribution in [0.3, 0.4) is 0 Å². The highest BCUT2D eigenvalue weighted by atomic mass is 32.2. The molecule has 6 nitrogen and oxygen atoms in total. The normalized spacial score (nSPS) is 21.4. The van der Waals surface area contributed by atoms with Crippen molar-refractivity contribution in [2.45, 2.75) is 74.9 Å². The van der Waals surface area contributed by atoms with Crippen LogP contribution in [0.1, 0.15) is 67.8 Å². The Hall–Kier alpha value is -2.25. The van der Waals surface area contributed by atoms with E-state index in [1.54, 1.807) is 22.6 Å². The van der Waals surface area contributed by atoms with Crippen LogP contribution in [0.15, 0.2) is 47.5 Å². The molecule has 3 aliphatic rings. The molecule has 164 valence electrons. The maximum atomic E-state index is 13.6. The highest BCUT2D eigenvalue weighted by Crippen LogP contribution is 2.37. The number of carbonyl (C=O) groups is 1. The van der Waals surface area contributed by atoms with Crippen LogP contribution < -0.4 is 5.32 Å². The molecule has 0 radical (unpaired) electrons. The number of nitrogens with zero attached hydrogens (tertiary/aromatic N) is 2. The van der Waals surface area contributed by atoms with Crippen LogP contribution in [-0.4, -0.2) is 29.7 Å². The number of rotatable bonds is 7. The average molecular weight is 440 g/mol. The van der Waals surface area contributed by atoms with Gasteiger partial charge < -0.3 is 5.32 Å². The Morgan fingerprint density at radius 1 is 1.06 bits per heavy atom. The number of benzene rings is 1. The third kappa shape index (κ3) is 4.26. The number of aromatic nitrogens is 1. The quantitative estimate of drug-likeness (QED) is 0.713.